The predicted molar refractivity (Wildman–Crippen MR) is 103 cm³/mol. The van der Waals surface area contributed by atoms with Crippen LogP contribution in [0.15, 0.2) is 60.1 Å². The first kappa shape index (κ1) is 18.1. The van der Waals surface area contributed by atoms with Gasteiger partial charge in [0.25, 0.3) is 5.91 Å². The van der Waals surface area contributed by atoms with Crippen LogP contribution in [0.2, 0.25) is 0 Å². The van der Waals surface area contributed by atoms with Gasteiger partial charge in [-0.25, -0.2) is 9.37 Å². The molecule has 142 valence electrons. The average molecular weight is 397 g/mol. The van der Waals surface area contributed by atoms with E-state index in [0.29, 0.717) is 35.3 Å². The standard InChI is InChI=1S/C20H16FN3O3S/c21-15-4-6-16(7-5-15)27-17-3-1-2-14(12-17)19(26)23-9-10-24(18(25)13-23)20-22-8-11-28-20/h1-8,11-12H,9-10,13H2. The molecule has 0 unspecified atom stereocenters. The number of nitrogens with zero attached hydrogens (tertiary/aromatic N) is 3. The fourth-order valence-electron chi connectivity index (χ4n) is 2.91. The van der Waals surface area contributed by atoms with Crippen molar-refractivity contribution < 1.29 is 18.7 Å². The zero-order valence-electron chi connectivity index (χ0n) is 14.7. The molecule has 1 aromatic heterocycles. The molecule has 0 spiro atoms. The van der Waals surface area contributed by atoms with Gasteiger partial charge in [-0.3, -0.25) is 14.5 Å². The fourth-order valence-corrected chi connectivity index (χ4v) is 3.60. The molecule has 28 heavy (non-hydrogen) atoms. The molecule has 0 radical (unpaired) electrons. The lowest BCUT2D eigenvalue weighted by Crippen LogP contribution is -2.52. The van der Waals surface area contributed by atoms with Crippen molar-refractivity contribution in [1.82, 2.24) is 9.88 Å². The number of hydrogen-bond acceptors (Lipinski definition) is 5. The molecular weight excluding hydrogens is 381 g/mol. The van der Waals surface area contributed by atoms with Crippen LogP contribution in [0.4, 0.5) is 9.52 Å². The van der Waals surface area contributed by atoms with Gasteiger partial charge in [-0.2, -0.15) is 0 Å². The number of aromatic nitrogens is 1. The van der Waals surface area contributed by atoms with E-state index in [4.69, 9.17) is 4.74 Å². The third-order valence-corrected chi connectivity index (χ3v) is 5.08. The van der Waals surface area contributed by atoms with Crippen LogP contribution in [-0.4, -0.2) is 41.3 Å². The number of ether oxygens (including phenoxy) is 1. The van der Waals surface area contributed by atoms with Gasteiger partial charge in [0.15, 0.2) is 5.13 Å². The summed E-state index contributed by atoms with van der Waals surface area (Å²) in [5.41, 5.74) is 0.426. The molecule has 2 aromatic carbocycles. The van der Waals surface area contributed by atoms with Crippen molar-refractivity contribution in [2.45, 2.75) is 0 Å². The Kier molecular flexibility index (Phi) is 5.03. The minimum absolute atomic E-state index is 0.00145. The van der Waals surface area contributed by atoms with E-state index >= 15 is 0 Å². The fraction of sp³-hybridized carbons (Fsp3) is 0.150. The van der Waals surface area contributed by atoms with E-state index in [1.165, 1.54) is 40.5 Å². The average Bonchev–Trinajstić information content (AvgIpc) is 3.24. The molecule has 1 fully saturated rings. The van der Waals surface area contributed by atoms with E-state index in [1.54, 1.807) is 35.4 Å². The molecule has 4 rings (SSSR count). The lowest BCUT2D eigenvalue weighted by Gasteiger charge is -2.32. The number of benzene rings is 2. The van der Waals surface area contributed by atoms with Gasteiger partial charge in [-0.05, 0) is 42.5 Å². The van der Waals surface area contributed by atoms with Gasteiger partial charge < -0.3 is 9.64 Å². The molecule has 8 heteroatoms. The van der Waals surface area contributed by atoms with Gasteiger partial charge in [0.05, 0.1) is 0 Å². The van der Waals surface area contributed by atoms with Crippen LogP contribution in [0.5, 0.6) is 11.5 Å². The van der Waals surface area contributed by atoms with E-state index < -0.39 is 0 Å². The maximum atomic E-state index is 13.0. The first-order valence-electron chi connectivity index (χ1n) is 8.63. The van der Waals surface area contributed by atoms with Crippen LogP contribution in [0.25, 0.3) is 0 Å². The first-order chi connectivity index (χ1) is 13.6. The van der Waals surface area contributed by atoms with E-state index in [0.717, 1.165) is 0 Å². The number of carbonyl (C=O) groups excluding carboxylic acids is 2. The number of halogens is 1. The molecule has 0 saturated carbocycles. The normalized spacial score (nSPS) is 14.2. The highest BCUT2D eigenvalue weighted by atomic mass is 32.1. The number of piperazine rings is 1. The predicted octanol–water partition coefficient (Wildman–Crippen LogP) is 3.56. The molecular formula is C20H16FN3O3S. The second-order valence-corrected chi connectivity index (χ2v) is 7.04. The number of hydrogen-bond donors (Lipinski definition) is 0. The number of rotatable bonds is 4. The Hall–Kier alpha value is -3.26. The minimum Gasteiger partial charge on any atom is -0.457 e. The third kappa shape index (κ3) is 3.86. The van der Waals surface area contributed by atoms with E-state index in [1.807, 2.05) is 5.38 Å². The summed E-state index contributed by atoms with van der Waals surface area (Å²) in [5.74, 6) is 0.186. The molecule has 0 aliphatic carbocycles. The molecule has 2 amide bonds. The maximum absolute atomic E-state index is 13.0. The van der Waals surface area contributed by atoms with Crippen molar-refractivity contribution in [3.63, 3.8) is 0 Å². The topological polar surface area (TPSA) is 62.7 Å². The highest BCUT2D eigenvalue weighted by Gasteiger charge is 2.29. The lowest BCUT2D eigenvalue weighted by atomic mass is 10.1. The second-order valence-electron chi connectivity index (χ2n) is 6.17. The van der Waals surface area contributed by atoms with Gasteiger partial charge in [-0.15, -0.1) is 11.3 Å². The Morgan fingerprint density at radius 1 is 1.11 bits per heavy atom. The summed E-state index contributed by atoms with van der Waals surface area (Å²) in [6.45, 7) is 0.832. The highest BCUT2D eigenvalue weighted by molar-refractivity contribution is 7.13. The van der Waals surface area contributed by atoms with Crippen molar-refractivity contribution in [2.75, 3.05) is 24.5 Å². The Morgan fingerprint density at radius 3 is 2.64 bits per heavy atom. The van der Waals surface area contributed by atoms with E-state index in [-0.39, 0.29) is 24.2 Å². The smallest absolute Gasteiger partial charge is 0.254 e. The van der Waals surface area contributed by atoms with Crippen LogP contribution < -0.4 is 9.64 Å². The quantitative estimate of drug-likeness (QED) is 0.675. The molecule has 0 atom stereocenters. The monoisotopic (exact) mass is 397 g/mol. The van der Waals surface area contributed by atoms with Crippen LogP contribution in [0.3, 0.4) is 0 Å². The van der Waals surface area contributed by atoms with Crippen molar-refractivity contribution in [3.8, 4) is 11.5 Å². The van der Waals surface area contributed by atoms with Crippen LogP contribution in [0, 0.1) is 5.82 Å². The molecule has 3 aromatic rings. The van der Waals surface area contributed by atoms with E-state index in [2.05, 4.69) is 4.98 Å². The second kappa shape index (κ2) is 7.77. The first-order valence-corrected chi connectivity index (χ1v) is 9.51. The van der Waals surface area contributed by atoms with Crippen molar-refractivity contribution in [2.24, 2.45) is 0 Å². The van der Waals surface area contributed by atoms with Gasteiger partial charge in [0.1, 0.15) is 23.9 Å². The van der Waals surface area contributed by atoms with Crippen molar-refractivity contribution in [3.05, 3.63) is 71.5 Å². The maximum Gasteiger partial charge on any atom is 0.254 e. The van der Waals surface area contributed by atoms with Gasteiger partial charge in [-0.1, -0.05) is 6.07 Å². The molecule has 1 saturated heterocycles. The summed E-state index contributed by atoms with van der Waals surface area (Å²) in [6, 6.07) is 12.3. The SMILES string of the molecule is O=C(c1cccc(Oc2ccc(F)cc2)c1)N1CCN(c2nccs2)C(=O)C1. The Bertz CT molecular complexity index is 992. The summed E-state index contributed by atoms with van der Waals surface area (Å²) in [7, 11) is 0. The summed E-state index contributed by atoms with van der Waals surface area (Å²) < 4.78 is 18.7. The van der Waals surface area contributed by atoms with Crippen LogP contribution >= 0.6 is 11.3 Å². The van der Waals surface area contributed by atoms with Crippen LogP contribution in [0.1, 0.15) is 10.4 Å². The molecule has 1 aliphatic heterocycles. The number of carbonyl (C=O) groups is 2. The summed E-state index contributed by atoms with van der Waals surface area (Å²) in [5, 5.41) is 2.46. The number of amides is 2. The molecule has 6 nitrogen and oxygen atoms in total. The zero-order valence-corrected chi connectivity index (χ0v) is 15.6. The van der Waals surface area contributed by atoms with E-state index in [9.17, 15) is 14.0 Å². The summed E-state index contributed by atoms with van der Waals surface area (Å²) >= 11 is 1.39. The molecule has 0 N–H and O–H groups in total. The van der Waals surface area contributed by atoms with Crippen molar-refractivity contribution >= 4 is 28.3 Å². The minimum atomic E-state index is -0.349. The number of anilines is 1. The summed E-state index contributed by atoms with van der Waals surface area (Å²) in [6.07, 6.45) is 1.65. The number of thiazole rings is 1. The Labute approximate surface area is 164 Å². The molecule has 1 aliphatic rings. The van der Waals surface area contributed by atoms with Gasteiger partial charge >= 0.3 is 0 Å². The largest absolute Gasteiger partial charge is 0.457 e. The van der Waals surface area contributed by atoms with Gasteiger partial charge in [0, 0.05) is 30.2 Å². The molecule has 2 heterocycles. The third-order valence-electron chi connectivity index (χ3n) is 4.29. The lowest BCUT2D eigenvalue weighted by molar-refractivity contribution is -0.120. The Morgan fingerprint density at radius 2 is 1.93 bits per heavy atom. The summed E-state index contributed by atoms with van der Waals surface area (Å²) in [4.78, 5) is 32.5. The van der Waals surface area contributed by atoms with Gasteiger partial charge in [0.2, 0.25) is 5.91 Å². The zero-order chi connectivity index (χ0) is 19.5. The highest BCUT2D eigenvalue weighted by Crippen LogP contribution is 2.24. The molecule has 0 bridgehead atoms. The van der Waals surface area contributed by atoms with Crippen molar-refractivity contribution in [1.29, 1.82) is 0 Å². The Balaban J connectivity index is 1.45. The van der Waals surface area contributed by atoms with Crippen LogP contribution in [-0.2, 0) is 4.79 Å².